The van der Waals surface area contributed by atoms with Gasteiger partial charge in [-0.05, 0) is 59.4 Å². The Morgan fingerprint density at radius 1 is 0.667 bits per heavy atom. The molecule has 0 amide bonds. The summed E-state index contributed by atoms with van der Waals surface area (Å²) in [6, 6.07) is 31.1. The molecule has 0 aliphatic heterocycles. The molecule has 7 nitrogen and oxygen atoms in total. The van der Waals surface area contributed by atoms with E-state index in [-0.39, 0.29) is 5.92 Å². The number of carbonyl (C=O) groups is 1. The molecule has 0 radical (unpaired) electrons. The normalized spacial score (nSPS) is 12.3. The van der Waals surface area contributed by atoms with Gasteiger partial charge in [0.15, 0.2) is 23.0 Å². The molecule has 0 fully saturated rings. The minimum Gasteiger partial charge on any atom is -0.493 e. The number of carboxylic acids is 1. The van der Waals surface area contributed by atoms with Crippen molar-refractivity contribution in [1.29, 1.82) is 0 Å². The van der Waals surface area contributed by atoms with Crippen LogP contribution in [0.15, 0.2) is 97.1 Å². The van der Waals surface area contributed by atoms with E-state index >= 15 is 0 Å². The Morgan fingerprint density at radius 2 is 1.26 bits per heavy atom. The summed E-state index contributed by atoms with van der Waals surface area (Å²) < 4.78 is 28.6. The Labute approximate surface area is 247 Å². The Morgan fingerprint density at radius 3 is 1.88 bits per heavy atom. The molecule has 0 heterocycles. The first-order valence-electron chi connectivity index (χ1n) is 13.9. The molecule has 2 atom stereocenters. The van der Waals surface area contributed by atoms with Gasteiger partial charge in [-0.3, -0.25) is 4.79 Å². The van der Waals surface area contributed by atoms with Crippen molar-refractivity contribution >= 4 is 5.97 Å². The molecule has 0 aliphatic rings. The number of hydrogen-bond acceptors (Lipinski definition) is 6. The second-order valence-electron chi connectivity index (χ2n) is 10.0. The predicted molar refractivity (Wildman–Crippen MR) is 162 cm³/mol. The lowest BCUT2D eigenvalue weighted by atomic mass is 9.85. The second-order valence-corrected chi connectivity index (χ2v) is 10.0. The van der Waals surface area contributed by atoms with E-state index in [1.54, 1.807) is 21.3 Å². The van der Waals surface area contributed by atoms with Crippen LogP contribution in [-0.4, -0.2) is 39.0 Å². The lowest BCUT2D eigenvalue weighted by Gasteiger charge is -2.23. The van der Waals surface area contributed by atoms with Crippen LogP contribution in [0.5, 0.6) is 23.0 Å². The van der Waals surface area contributed by atoms with Gasteiger partial charge in [0.1, 0.15) is 6.61 Å². The third kappa shape index (κ3) is 8.51. The molecular weight excluding hydrogens is 532 g/mol. The van der Waals surface area contributed by atoms with Crippen LogP contribution in [0.25, 0.3) is 0 Å². The summed E-state index contributed by atoms with van der Waals surface area (Å²) in [5.41, 5.74) is 3.88. The maximum Gasteiger partial charge on any atom is 0.306 e. The van der Waals surface area contributed by atoms with Crippen LogP contribution < -0.4 is 18.9 Å². The largest absolute Gasteiger partial charge is 0.493 e. The standard InChI is InChI=1S/C35H38O7/c1-38-31-17-15-28(21-34(31)40-3)30(24-41-22-25-10-6-4-7-11-25)20-29(35(36)37)18-27-14-16-32(33(19-27)39-2)42-23-26-12-8-5-9-13-26/h4-17,19,21,29-30H,18,20,22-24H2,1-3H3,(H,36,37)/t29-,30?/m0/s1. The summed E-state index contributed by atoms with van der Waals surface area (Å²) in [5, 5.41) is 10.3. The number of rotatable bonds is 16. The van der Waals surface area contributed by atoms with Gasteiger partial charge >= 0.3 is 5.97 Å². The molecule has 0 saturated heterocycles. The van der Waals surface area contributed by atoms with E-state index in [0.29, 0.717) is 55.7 Å². The van der Waals surface area contributed by atoms with E-state index in [2.05, 4.69) is 0 Å². The molecule has 0 aromatic heterocycles. The fourth-order valence-electron chi connectivity index (χ4n) is 4.89. The highest BCUT2D eigenvalue weighted by atomic mass is 16.5. The first-order valence-corrected chi connectivity index (χ1v) is 13.9. The lowest BCUT2D eigenvalue weighted by Crippen LogP contribution is -2.22. The molecule has 0 bridgehead atoms. The quantitative estimate of drug-likeness (QED) is 0.156. The fraction of sp³-hybridized carbons (Fsp3) is 0.286. The molecule has 0 spiro atoms. The zero-order chi connectivity index (χ0) is 29.7. The van der Waals surface area contributed by atoms with Crippen molar-refractivity contribution in [2.24, 2.45) is 5.92 Å². The van der Waals surface area contributed by atoms with E-state index in [1.807, 2.05) is 97.1 Å². The van der Waals surface area contributed by atoms with Crippen molar-refractivity contribution in [3.05, 3.63) is 119 Å². The summed E-state index contributed by atoms with van der Waals surface area (Å²) in [4.78, 5) is 12.5. The van der Waals surface area contributed by atoms with Gasteiger partial charge in [0, 0.05) is 5.92 Å². The van der Waals surface area contributed by atoms with Gasteiger partial charge in [0.25, 0.3) is 0 Å². The predicted octanol–water partition coefficient (Wildman–Crippen LogP) is 6.93. The van der Waals surface area contributed by atoms with Gasteiger partial charge in [-0.2, -0.15) is 0 Å². The number of carboxylic acid groups (broad SMARTS) is 1. The van der Waals surface area contributed by atoms with Gasteiger partial charge in [0.05, 0.1) is 40.5 Å². The van der Waals surface area contributed by atoms with Gasteiger partial charge < -0.3 is 28.8 Å². The maximum absolute atomic E-state index is 12.5. The van der Waals surface area contributed by atoms with Crippen LogP contribution in [0, 0.1) is 5.92 Å². The summed E-state index contributed by atoms with van der Waals surface area (Å²) >= 11 is 0. The Kier molecular flexibility index (Phi) is 11.2. The number of ether oxygens (including phenoxy) is 5. The van der Waals surface area contributed by atoms with Crippen molar-refractivity contribution in [2.45, 2.75) is 32.0 Å². The third-order valence-electron chi connectivity index (χ3n) is 7.18. The van der Waals surface area contributed by atoms with Crippen LogP contribution in [0.1, 0.15) is 34.6 Å². The Balaban J connectivity index is 1.51. The van der Waals surface area contributed by atoms with Gasteiger partial charge in [0.2, 0.25) is 0 Å². The molecule has 0 saturated carbocycles. The molecule has 4 aromatic carbocycles. The van der Waals surface area contributed by atoms with E-state index in [0.717, 1.165) is 22.3 Å². The van der Waals surface area contributed by atoms with Gasteiger partial charge in [-0.25, -0.2) is 0 Å². The first kappa shape index (κ1) is 30.5. The minimum absolute atomic E-state index is 0.190. The maximum atomic E-state index is 12.5. The lowest BCUT2D eigenvalue weighted by molar-refractivity contribution is -0.142. The minimum atomic E-state index is -0.869. The highest BCUT2D eigenvalue weighted by Gasteiger charge is 2.26. The van der Waals surface area contributed by atoms with Crippen LogP contribution in [0.3, 0.4) is 0 Å². The van der Waals surface area contributed by atoms with Crippen molar-refractivity contribution in [3.8, 4) is 23.0 Å². The van der Waals surface area contributed by atoms with E-state index < -0.39 is 11.9 Å². The number of benzene rings is 4. The zero-order valence-electron chi connectivity index (χ0n) is 24.3. The van der Waals surface area contributed by atoms with Crippen molar-refractivity contribution in [3.63, 3.8) is 0 Å². The van der Waals surface area contributed by atoms with E-state index in [9.17, 15) is 9.90 Å². The molecule has 1 N–H and O–H groups in total. The van der Waals surface area contributed by atoms with Crippen molar-refractivity contribution in [2.75, 3.05) is 27.9 Å². The van der Waals surface area contributed by atoms with E-state index in [1.165, 1.54) is 0 Å². The van der Waals surface area contributed by atoms with Crippen molar-refractivity contribution in [1.82, 2.24) is 0 Å². The SMILES string of the molecule is COc1ccc(C(COCc2ccccc2)C[C@H](Cc2ccc(OCc3ccccc3)c(OC)c2)C(=O)O)cc1OC. The van der Waals surface area contributed by atoms with Crippen LogP contribution in [0.4, 0.5) is 0 Å². The molecule has 42 heavy (non-hydrogen) atoms. The fourth-order valence-corrected chi connectivity index (χ4v) is 4.89. The van der Waals surface area contributed by atoms with E-state index in [4.69, 9.17) is 23.7 Å². The third-order valence-corrected chi connectivity index (χ3v) is 7.18. The summed E-state index contributed by atoms with van der Waals surface area (Å²) in [7, 11) is 4.76. The topological polar surface area (TPSA) is 83.5 Å². The monoisotopic (exact) mass is 570 g/mol. The van der Waals surface area contributed by atoms with Crippen LogP contribution in [0.2, 0.25) is 0 Å². The van der Waals surface area contributed by atoms with Crippen LogP contribution >= 0.6 is 0 Å². The zero-order valence-corrected chi connectivity index (χ0v) is 24.3. The molecule has 4 rings (SSSR count). The average Bonchev–Trinajstić information content (AvgIpc) is 3.03. The molecule has 4 aromatic rings. The van der Waals surface area contributed by atoms with Gasteiger partial charge in [-0.1, -0.05) is 72.8 Å². The molecule has 0 aliphatic carbocycles. The van der Waals surface area contributed by atoms with Gasteiger partial charge in [-0.15, -0.1) is 0 Å². The first-order chi connectivity index (χ1) is 20.5. The molecule has 1 unspecified atom stereocenters. The second kappa shape index (κ2) is 15.5. The molecular formula is C35H38O7. The Hall–Kier alpha value is -4.49. The number of methoxy groups -OCH3 is 3. The van der Waals surface area contributed by atoms with Crippen LogP contribution in [-0.2, 0) is 29.2 Å². The number of aliphatic carboxylic acids is 1. The molecule has 220 valence electrons. The average molecular weight is 571 g/mol. The summed E-state index contributed by atoms with van der Waals surface area (Å²) in [5.74, 6) is 0.651. The summed E-state index contributed by atoms with van der Waals surface area (Å²) in [6.07, 6.45) is 0.696. The molecule has 7 heteroatoms. The summed E-state index contributed by atoms with van der Waals surface area (Å²) in [6.45, 7) is 1.19. The highest BCUT2D eigenvalue weighted by Crippen LogP contribution is 2.35. The number of hydrogen-bond donors (Lipinski definition) is 1. The smallest absolute Gasteiger partial charge is 0.306 e. The van der Waals surface area contributed by atoms with Crippen molar-refractivity contribution < 1.29 is 33.6 Å². The Bertz CT molecular complexity index is 1410. The highest BCUT2D eigenvalue weighted by molar-refractivity contribution is 5.70.